The van der Waals surface area contributed by atoms with Crippen LogP contribution in [0.15, 0.2) is 6.07 Å². The van der Waals surface area contributed by atoms with E-state index in [1.807, 2.05) is 0 Å². The molecule has 0 aliphatic rings. The molecule has 2 aromatic heterocycles. The SMILES string of the molecule is COCc1nn2c(C#N)c(-c3c(C)c(C)cc(C)c3C)nc2s1. The first-order valence-corrected chi connectivity index (χ1v) is 8.14. The van der Waals surface area contributed by atoms with Crippen LogP contribution in [0.5, 0.6) is 0 Å². The predicted octanol–water partition coefficient (Wildman–Crippen LogP) is 3.71. The van der Waals surface area contributed by atoms with Crippen molar-refractivity contribution in [2.24, 2.45) is 0 Å². The second-order valence-corrected chi connectivity index (χ2v) is 6.72. The molecule has 5 nitrogen and oxygen atoms in total. The Kier molecular flexibility index (Phi) is 3.92. The minimum atomic E-state index is 0.426. The average Bonchev–Trinajstić information content (AvgIpc) is 3.03. The van der Waals surface area contributed by atoms with Gasteiger partial charge in [0.25, 0.3) is 0 Å². The van der Waals surface area contributed by atoms with Gasteiger partial charge in [-0.2, -0.15) is 14.9 Å². The summed E-state index contributed by atoms with van der Waals surface area (Å²) >= 11 is 1.45. The fraction of sp³-hybridized carbons (Fsp3) is 0.353. The van der Waals surface area contributed by atoms with E-state index >= 15 is 0 Å². The van der Waals surface area contributed by atoms with Crippen LogP contribution in [0.4, 0.5) is 0 Å². The van der Waals surface area contributed by atoms with E-state index in [-0.39, 0.29) is 0 Å². The van der Waals surface area contributed by atoms with Crippen LogP contribution < -0.4 is 0 Å². The summed E-state index contributed by atoms with van der Waals surface area (Å²) in [6, 6.07) is 4.44. The lowest BCUT2D eigenvalue weighted by Gasteiger charge is -2.13. The topological polar surface area (TPSA) is 63.2 Å². The molecule has 0 saturated heterocycles. The number of aromatic nitrogens is 3. The van der Waals surface area contributed by atoms with Gasteiger partial charge in [0.05, 0.1) is 6.61 Å². The molecular weight excluding hydrogens is 308 g/mol. The molecule has 0 aliphatic carbocycles. The van der Waals surface area contributed by atoms with Crippen LogP contribution in [0.3, 0.4) is 0 Å². The van der Waals surface area contributed by atoms with Crippen LogP contribution in [0, 0.1) is 39.0 Å². The van der Waals surface area contributed by atoms with E-state index in [2.05, 4.69) is 44.9 Å². The van der Waals surface area contributed by atoms with E-state index in [0.29, 0.717) is 12.3 Å². The Morgan fingerprint density at radius 1 is 1.22 bits per heavy atom. The molecule has 0 aliphatic heterocycles. The molecule has 3 rings (SSSR count). The van der Waals surface area contributed by atoms with Crippen molar-refractivity contribution >= 4 is 16.3 Å². The lowest BCUT2D eigenvalue weighted by Crippen LogP contribution is -1.98. The van der Waals surface area contributed by atoms with Gasteiger partial charge in [-0.25, -0.2) is 4.98 Å². The zero-order valence-electron chi connectivity index (χ0n) is 13.9. The number of rotatable bonds is 3. The molecule has 3 aromatic rings. The second kappa shape index (κ2) is 5.76. The van der Waals surface area contributed by atoms with E-state index in [9.17, 15) is 5.26 Å². The molecule has 2 heterocycles. The van der Waals surface area contributed by atoms with Gasteiger partial charge in [-0.15, -0.1) is 0 Å². The first kappa shape index (κ1) is 15.7. The van der Waals surface area contributed by atoms with Gasteiger partial charge < -0.3 is 4.74 Å². The average molecular weight is 326 g/mol. The largest absolute Gasteiger partial charge is 0.377 e. The van der Waals surface area contributed by atoms with Crippen molar-refractivity contribution in [3.8, 4) is 17.3 Å². The Morgan fingerprint density at radius 3 is 2.43 bits per heavy atom. The zero-order valence-corrected chi connectivity index (χ0v) is 14.7. The first-order chi connectivity index (χ1) is 11.0. The van der Waals surface area contributed by atoms with Gasteiger partial charge in [-0.1, -0.05) is 17.4 Å². The molecule has 6 heteroatoms. The molecule has 23 heavy (non-hydrogen) atoms. The highest BCUT2D eigenvalue weighted by atomic mass is 32.1. The molecule has 0 N–H and O–H groups in total. The fourth-order valence-corrected chi connectivity index (χ4v) is 3.68. The molecule has 0 unspecified atom stereocenters. The number of aryl methyl sites for hydroxylation is 2. The van der Waals surface area contributed by atoms with Gasteiger partial charge in [0.1, 0.15) is 16.8 Å². The van der Waals surface area contributed by atoms with E-state index < -0.39 is 0 Å². The quantitative estimate of drug-likeness (QED) is 0.736. The van der Waals surface area contributed by atoms with Gasteiger partial charge in [0.15, 0.2) is 5.69 Å². The van der Waals surface area contributed by atoms with Crippen molar-refractivity contribution in [1.29, 1.82) is 5.26 Å². The monoisotopic (exact) mass is 326 g/mol. The molecule has 0 bridgehead atoms. The van der Waals surface area contributed by atoms with Crippen molar-refractivity contribution < 1.29 is 4.74 Å². The van der Waals surface area contributed by atoms with Gasteiger partial charge in [-0.3, -0.25) is 0 Å². The highest BCUT2D eigenvalue weighted by Crippen LogP contribution is 2.34. The van der Waals surface area contributed by atoms with Gasteiger partial charge >= 0.3 is 0 Å². The summed E-state index contributed by atoms with van der Waals surface area (Å²) in [6.45, 7) is 8.76. The minimum Gasteiger partial charge on any atom is -0.377 e. The lowest BCUT2D eigenvalue weighted by molar-refractivity contribution is 0.183. The normalized spacial score (nSPS) is 11.1. The molecule has 1 aromatic carbocycles. The van der Waals surface area contributed by atoms with Gasteiger partial charge in [0.2, 0.25) is 4.96 Å². The van der Waals surface area contributed by atoms with Crippen molar-refractivity contribution in [2.45, 2.75) is 34.3 Å². The fourth-order valence-electron chi connectivity index (χ4n) is 2.82. The number of fused-ring (bicyclic) bond motifs is 1. The molecule has 0 spiro atoms. The van der Waals surface area contributed by atoms with Crippen LogP contribution in [0.1, 0.15) is 33.0 Å². The Hall–Kier alpha value is -2.23. The van der Waals surface area contributed by atoms with E-state index in [1.165, 1.54) is 22.5 Å². The molecule has 0 radical (unpaired) electrons. The third kappa shape index (κ3) is 2.42. The predicted molar refractivity (Wildman–Crippen MR) is 90.7 cm³/mol. The molecule has 0 saturated carbocycles. The first-order valence-electron chi connectivity index (χ1n) is 7.33. The number of hydrogen-bond donors (Lipinski definition) is 0. The zero-order chi connectivity index (χ0) is 16.7. The maximum Gasteiger partial charge on any atom is 0.214 e. The number of benzene rings is 1. The highest BCUT2D eigenvalue weighted by molar-refractivity contribution is 7.16. The summed E-state index contributed by atoms with van der Waals surface area (Å²) in [5.74, 6) is 0. The number of ether oxygens (including phenoxy) is 1. The number of imidazole rings is 1. The van der Waals surface area contributed by atoms with E-state index in [1.54, 1.807) is 11.6 Å². The number of methoxy groups -OCH3 is 1. The number of hydrogen-bond acceptors (Lipinski definition) is 5. The summed E-state index contributed by atoms with van der Waals surface area (Å²) in [7, 11) is 1.63. The third-order valence-corrected chi connectivity index (χ3v) is 5.10. The third-order valence-electron chi connectivity index (χ3n) is 4.22. The summed E-state index contributed by atoms with van der Waals surface area (Å²) < 4.78 is 6.74. The Morgan fingerprint density at radius 2 is 1.87 bits per heavy atom. The summed E-state index contributed by atoms with van der Waals surface area (Å²) in [5, 5.41) is 14.9. The molecule has 0 amide bonds. The summed E-state index contributed by atoms with van der Waals surface area (Å²) in [6.07, 6.45) is 0. The van der Waals surface area contributed by atoms with Crippen molar-refractivity contribution in [3.05, 3.63) is 39.0 Å². The van der Waals surface area contributed by atoms with Crippen molar-refractivity contribution in [3.63, 3.8) is 0 Å². The highest BCUT2D eigenvalue weighted by Gasteiger charge is 2.21. The molecule has 0 atom stereocenters. The van der Waals surface area contributed by atoms with Crippen LogP contribution in [-0.4, -0.2) is 21.7 Å². The molecular formula is C17H18N4OS. The summed E-state index contributed by atoms with van der Waals surface area (Å²) in [5.41, 5.74) is 6.98. The smallest absolute Gasteiger partial charge is 0.214 e. The number of nitriles is 1. The van der Waals surface area contributed by atoms with Crippen LogP contribution in [0.25, 0.3) is 16.2 Å². The van der Waals surface area contributed by atoms with Crippen LogP contribution in [-0.2, 0) is 11.3 Å². The maximum atomic E-state index is 9.65. The van der Waals surface area contributed by atoms with E-state index in [4.69, 9.17) is 9.72 Å². The summed E-state index contributed by atoms with van der Waals surface area (Å²) in [4.78, 5) is 5.43. The van der Waals surface area contributed by atoms with Gasteiger partial charge in [-0.05, 0) is 49.9 Å². The van der Waals surface area contributed by atoms with Gasteiger partial charge in [0, 0.05) is 12.7 Å². The standard InChI is InChI=1S/C17H18N4OS/c1-9-6-10(2)12(4)15(11(9)3)16-13(7-18)21-17(19-16)23-14(20-21)8-22-5/h6H,8H2,1-5H3. The maximum absolute atomic E-state index is 9.65. The van der Waals surface area contributed by atoms with E-state index in [0.717, 1.165) is 32.4 Å². The van der Waals surface area contributed by atoms with Crippen molar-refractivity contribution in [2.75, 3.05) is 7.11 Å². The number of nitrogens with zero attached hydrogens (tertiary/aromatic N) is 4. The Balaban J connectivity index is 2.30. The Bertz CT molecular complexity index is 920. The second-order valence-electron chi connectivity index (χ2n) is 5.68. The van der Waals surface area contributed by atoms with Crippen LogP contribution in [0.2, 0.25) is 0 Å². The lowest BCUT2D eigenvalue weighted by atomic mass is 9.92. The minimum absolute atomic E-state index is 0.426. The van der Waals surface area contributed by atoms with Crippen molar-refractivity contribution in [1.82, 2.24) is 14.6 Å². The molecule has 0 fully saturated rings. The Labute approximate surface area is 139 Å². The molecule has 118 valence electrons. The van der Waals surface area contributed by atoms with Crippen LogP contribution >= 0.6 is 11.3 Å².